The Morgan fingerprint density at radius 3 is 2.80 bits per heavy atom. The Kier molecular flexibility index (Phi) is 4.96. The molecule has 0 saturated heterocycles. The monoisotopic (exact) mass is 296 g/mol. The minimum Gasteiger partial charge on any atom is -0.396 e. The van der Waals surface area contributed by atoms with Crippen LogP contribution in [-0.4, -0.2) is 32.5 Å². The van der Waals surface area contributed by atoms with Crippen molar-refractivity contribution in [1.29, 1.82) is 0 Å². The lowest BCUT2D eigenvalue weighted by Gasteiger charge is -2.13. The van der Waals surface area contributed by atoms with E-state index in [2.05, 4.69) is 29.2 Å². The molecule has 0 fully saturated rings. The number of fused-ring (bicyclic) bond motifs is 1. The van der Waals surface area contributed by atoms with Gasteiger partial charge in [-0.15, -0.1) is 0 Å². The zero-order valence-corrected chi connectivity index (χ0v) is 12.9. The largest absolute Gasteiger partial charge is 0.396 e. The van der Waals surface area contributed by atoms with Crippen LogP contribution >= 0.6 is 11.6 Å². The van der Waals surface area contributed by atoms with Crippen LogP contribution in [0.2, 0.25) is 5.15 Å². The quantitative estimate of drug-likeness (QED) is 0.804. The van der Waals surface area contributed by atoms with Crippen molar-refractivity contribution in [3.63, 3.8) is 0 Å². The van der Waals surface area contributed by atoms with Gasteiger partial charge in [0.1, 0.15) is 5.15 Å². The first-order valence-electron chi connectivity index (χ1n) is 6.89. The summed E-state index contributed by atoms with van der Waals surface area (Å²) in [6.45, 7) is 6.98. The minimum absolute atomic E-state index is 0.181. The molecular formula is C14H21ClN4O. The molecule has 2 rings (SSSR count). The average Bonchev–Trinajstić information content (AvgIpc) is 2.79. The molecule has 0 aliphatic heterocycles. The summed E-state index contributed by atoms with van der Waals surface area (Å²) in [5.41, 5.74) is 1.77. The van der Waals surface area contributed by atoms with Gasteiger partial charge in [0.05, 0.1) is 6.20 Å². The molecule has 5 nitrogen and oxygen atoms in total. The van der Waals surface area contributed by atoms with Gasteiger partial charge in [0, 0.05) is 36.2 Å². The zero-order valence-electron chi connectivity index (χ0n) is 12.1. The molecule has 0 aliphatic carbocycles. The molecule has 2 N–H and O–H groups in total. The molecule has 0 amide bonds. The first-order chi connectivity index (χ1) is 9.52. The van der Waals surface area contributed by atoms with Crippen LogP contribution in [0.4, 0.5) is 0 Å². The molecule has 0 aromatic carbocycles. The SMILES string of the molecule is CC(CCO)NCc1cc2cnn(C(C)C)c2nc1Cl. The van der Waals surface area contributed by atoms with Gasteiger partial charge in [0.2, 0.25) is 0 Å². The van der Waals surface area contributed by atoms with Crippen LogP contribution in [-0.2, 0) is 6.54 Å². The number of pyridine rings is 1. The van der Waals surface area contributed by atoms with E-state index in [4.69, 9.17) is 16.7 Å². The Labute approximate surface area is 124 Å². The van der Waals surface area contributed by atoms with E-state index in [1.165, 1.54) is 0 Å². The van der Waals surface area contributed by atoms with Crippen molar-refractivity contribution in [2.24, 2.45) is 0 Å². The van der Waals surface area contributed by atoms with Gasteiger partial charge in [-0.1, -0.05) is 11.6 Å². The van der Waals surface area contributed by atoms with Gasteiger partial charge in [-0.3, -0.25) is 0 Å². The normalized spacial score (nSPS) is 13.3. The van der Waals surface area contributed by atoms with Crippen molar-refractivity contribution in [2.75, 3.05) is 6.61 Å². The first kappa shape index (κ1) is 15.2. The fourth-order valence-electron chi connectivity index (χ4n) is 2.08. The minimum atomic E-state index is 0.181. The van der Waals surface area contributed by atoms with Gasteiger partial charge in [-0.25, -0.2) is 9.67 Å². The standard InChI is InChI=1S/C14H21ClN4O/c1-9(2)19-14-12(8-17-19)6-11(13(15)18-14)7-16-10(3)4-5-20/h6,8-10,16,20H,4-5,7H2,1-3H3. The van der Waals surface area contributed by atoms with E-state index in [9.17, 15) is 0 Å². The summed E-state index contributed by atoms with van der Waals surface area (Å²) in [6, 6.07) is 2.52. The van der Waals surface area contributed by atoms with Gasteiger partial charge in [0.25, 0.3) is 0 Å². The van der Waals surface area contributed by atoms with E-state index in [1.807, 2.05) is 23.9 Å². The molecule has 110 valence electrons. The van der Waals surface area contributed by atoms with Crippen molar-refractivity contribution in [3.05, 3.63) is 23.0 Å². The predicted octanol–water partition coefficient (Wildman–Crippen LogP) is 2.53. The number of hydrogen-bond acceptors (Lipinski definition) is 4. The number of aromatic nitrogens is 3. The van der Waals surface area contributed by atoms with Crippen molar-refractivity contribution < 1.29 is 5.11 Å². The molecule has 6 heteroatoms. The topological polar surface area (TPSA) is 63.0 Å². The van der Waals surface area contributed by atoms with Crippen molar-refractivity contribution in [3.8, 4) is 0 Å². The fourth-order valence-corrected chi connectivity index (χ4v) is 2.28. The summed E-state index contributed by atoms with van der Waals surface area (Å²) in [7, 11) is 0. The number of nitrogens with zero attached hydrogens (tertiary/aromatic N) is 3. The van der Waals surface area contributed by atoms with Gasteiger partial charge < -0.3 is 10.4 Å². The molecule has 2 aromatic heterocycles. The molecule has 0 bridgehead atoms. The van der Waals surface area contributed by atoms with Crippen LogP contribution < -0.4 is 5.32 Å². The van der Waals surface area contributed by atoms with Gasteiger partial charge in [-0.2, -0.15) is 5.10 Å². The van der Waals surface area contributed by atoms with Crippen LogP contribution in [0.15, 0.2) is 12.3 Å². The van der Waals surface area contributed by atoms with Crippen LogP contribution in [0.5, 0.6) is 0 Å². The third kappa shape index (κ3) is 3.29. The Balaban J connectivity index is 2.21. The van der Waals surface area contributed by atoms with Crippen molar-refractivity contribution in [1.82, 2.24) is 20.1 Å². The molecule has 2 heterocycles. The molecule has 2 aromatic rings. The Bertz CT molecular complexity index is 582. The fraction of sp³-hybridized carbons (Fsp3) is 0.571. The average molecular weight is 297 g/mol. The second-order valence-corrected chi connectivity index (χ2v) is 5.69. The first-order valence-corrected chi connectivity index (χ1v) is 7.27. The third-order valence-corrected chi connectivity index (χ3v) is 3.61. The molecule has 1 unspecified atom stereocenters. The maximum atomic E-state index is 8.90. The van der Waals surface area contributed by atoms with Crippen LogP contribution in [0, 0.1) is 0 Å². The lowest BCUT2D eigenvalue weighted by molar-refractivity contribution is 0.268. The van der Waals surface area contributed by atoms with Gasteiger partial charge in [-0.05, 0) is 33.3 Å². The summed E-state index contributed by atoms with van der Waals surface area (Å²) in [6.07, 6.45) is 2.54. The lowest BCUT2D eigenvalue weighted by atomic mass is 10.2. The lowest BCUT2D eigenvalue weighted by Crippen LogP contribution is -2.26. The van der Waals surface area contributed by atoms with Gasteiger partial charge in [0.15, 0.2) is 5.65 Å². The van der Waals surface area contributed by atoms with Crippen LogP contribution in [0.1, 0.15) is 38.8 Å². The summed E-state index contributed by atoms with van der Waals surface area (Å²) in [5.74, 6) is 0. The Hall–Kier alpha value is -1.17. The number of aliphatic hydroxyl groups excluding tert-OH is 1. The molecular weight excluding hydrogens is 276 g/mol. The van der Waals surface area contributed by atoms with E-state index < -0.39 is 0 Å². The molecule has 1 atom stereocenters. The zero-order chi connectivity index (χ0) is 14.7. The van der Waals surface area contributed by atoms with Gasteiger partial charge >= 0.3 is 0 Å². The maximum Gasteiger partial charge on any atom is 0.159 e. The summed E-state index contributed by atoms with van der Waals surface area (Å²) < 4.78 is 1.87. The van der Waals surface area contributed by atoms with E-state index in [0.717, 1.165) is 23.0 Å². The molecule has 0 saturated carbocycles. The van der Waals surface area contributed by atoms with Crippen LogP contribution in [0.3, 0.4) is 0 Å². The summed E-state index contributed by atoms with van der Waals surface area (Å²) >= 11 is 6.26. The Morgan fingerprint density at radius 1 is 1.40 bits per heavy atom. The predicted molar refractivity (Wildman–Crippen MR) is 80.9 cm³/mol. The van der Waals surface area contributed by atoms with E-state index in [-0.39, 0.29) is 18.7 Å². The van der Waals surface area contributed by atoms with Crippen molar-refractivity contribution >= 4 is 22.6 Å². The van der Waals surface area contributed by atoms with E-state index >= 15 is 0 Å². The number of hydrogen-bond donors (Lipinski definition) is 2. The highest BCUT2D eigenvalue weighted by molar-refractivity contribution is 6.30. The van der Waals surface area contributed by atoms with Crippen molar-refractivity contribution in [2.45, 2.75) is 45.8 Å². The molecule has 0 aliphatic rings. The molecule has 0 spiro atoms. The second kappa shape index (κ2) is 6.52. The Morgan fingerprint density at radius 2 is 2.15 bits per heavy atom. The van der Waals surface area contributed by atoms with Crippen LogP contribution in [0.25, 0.3) is 11.0 Å². The highest BCUT2D eigenvalue weighted by Crippen LogP contribution is 2.22. The molecule has 0 radical (unpaired) electrons. The van der Waals surface area contributed by atoms with E-state index in [1.54, 1.807) is 0 Å². The van der Waals surface area contributed by atoms with E-state index in [0.29, 0.717) is 11.7 Å². The summed E-state index contributed by atoms with van der Waals surface area (Å²) in [4.78, 5) is 4.46. The number of nitrogens with one attached hydrogen (secondary N) is 1. The maximum absolute atomic E-state index is 8.90. The number of rotatable bonds is 6. The molecule has 20 heavy (non-hydrogen) atoms. The smallest absolute Gasteiger partial charge is 0.159 e. The summed E-state index contributed by atoms with van der Waals surface area (Å²) in [5, 5.41) is 18.1. The third-order valence-electron chi connectivity index (χ3n) is 3.29. The highest BCUT2D eigenvalue weighted by atomic mass is 35.5. The number of halogens is 1. The second-order valence-electron chi connectivity index (χ2n) is 5.33. The highest BCUT2D eigenvalue weighted by Gasteiger charge is 2.12. The number of aliphatic hydroxyl groups is 1.